The van der Waals surface area contributed by atoms with Crippen LogP contribution in [0, 0.1) is 13.8 Å². The molecule has 0 radical (unpaired) electrons. The average molecular weight is 275 g/mol. The van der Waals surface area contributed by atoms with Crippen molar-refractivity contribution in [2.45, 2.75) is 33.6 Å². The van der Waals surface area contributed by atoms with E-state index in [4.69, 9.17) is 5.11 Å². The lowest BCUT2D eigenvalue weighted by Gasteiger charge is -2.09. The summed E-state index contributed by atoms with van der Waals surface area (Å²) in [5, 5.41) is 9.90. The fourth-order valence-electron chi connectivity index (χ4n) is 1.94. The van der Waals surface area contributed by atoms with Gasteiger partial charge in [-0.15, -0.1) is 11.3 Å². The SMILES string of the molecule is Cc1ccc(C(C)C)cc1-c1nc(C)c(C(=O)O)s1. The van der Waals surface area contributed by atoms with Gasteiger partial charge >= 0.3 is 5.97 Å². The molecule has 19 heavy (non-hydrogen) atoms. The topological polar surface area (TPSA) is 50.2 Å². The number of rotatable bonds is 3. The summed E-state index contributed by atoms with van der Waals surface area (Å²) in [7, 11) is 0. The van der Waals surface area contributed by atoms with E-state index >= 15 is 0 Å². The first-order valence-electron chi connectivity index (χ1n) is 6.21. The van der Waals surface area contributed by atoms with Gasteiger partial charge in [0.15, 0.2) is 0 Å². The first kappa shape index (κ1) is 13.7. The highest BCUT2D eigenvalue weighted by atomic mass is 32.1. The normalized spacial score (nSPS) is 11.0. The van der Waals surface area contributed by atoms with E-state index in [9.17, 15) is 4.79 Å². The smallest absolute Gasteiger partial charge is 0.347 e. The standard InChI is InChI=1S/C15H17NO2S/c1-8(2)11-6-5-9(3)12(7-11)14-16-10(4)13(19-14)15(17)18/h5-8H,1-4H3,(H,17,18). The van der Waals surface area contributed by atoms with Crippen molar-refractivity contribution in [1.29, 1.82) is 0 Å². The van der Waals surface area contributed by atoms with E-state index in [0.29, 0.717) is 16.5 Å². The molecule has 100 valence electrons. The zero-order valence-electron chi connectivity index (χ0n) is 11.5. The number of nitrogens with zero attached hydrogens (tertiary/aromatic N) is 1. The summed E-state index contributed by atoms with van der Waals surface area (Å²) in [6, 6.07) is 6.30. The number of carboxylic acid groups (broad SMARTS) is 1. The van der Waals surface area contributed by atoms with Crippen molar-refractivity contribution in [3.63, 3.8) is 0 Å². The molecule has 0 atom stereocenters. The second kappa shape index (κ2) is 5.13. The number of hydrogen-bond acceptors (Lipinski definition) is 3. The van der Waals surface area contributed by atoms with Gasteiger partial charge < -0.3 is 5.11 Å². The minimum Gasteiger partial charge on any atom is -0.477 e. The summed E-state index contributed by atoms with van der Waals surface area (Å²) in [5.74, 6) is -0.460. The van der Waals surface area contributed by atoms with Crippen LogP contribution >= 0.6 is 11.3 Å². The number of aromatic carboxylic acids is 1. The van der Waals surface area contributed by atoms with Gasteiger partial charge in [0.05, 0.1) is 5.69 Å². The third-order valence-electron chi connectivity index (χ3n) is 3.15. The van der Waals surface area contributed by atoms with Crippen molar-refractivity contribution >= 4 is 17.3 Å². The molecule has 0 saturated carbocycles. The largest absolute Gasteiger partial charge is 0.477 e. The molecule has 0 bridgehead atoms. The van der Waals surface area contributed by atoms with E-state index in [0.717, 1.165) is 16.1 Å². The molecule has 1 N–H and O–H groups in total. The first-order valence-corrected chi connectivity index (χ1v) is 7.03. The molecule has 0 saturated heterocycles. The highest BCUT2D eigenvalue weighted by molar-refractivity contribution is 7.17. The number of benzene rings is 1. The van der Waals surface area contributed by atoms with E-state index in [1.54, 1.807) is 6.92 Å². The summed E-state index contributed by atoms with van der Waals surface area (Å²) in [6.45, 7) is 8.05. The van der Waals surface area contributed by atoms with Gasteiger partial charge in [0, 0.05) is 5.56 Å². The van der Waals surface area contributed by atoms with Crippen LogP contribution < -0.4 is 0 Å². The molecule has 0 amide bonds. The van der Waals surface area contributed by atoms with Crippen LogP contribution in [-0.4, -0.2) is 16.1 Å². The Labute approximate surface area is 116 Å². The number of carboxylic acids is 1. The van der Waals surface area contributed by atoms with Gasteiger partial charge in [0.2, 0.25) is 0 Å². The number of hydrogen-bond donors (Lipinski definition) is 1. The number of carbonyl (C=O) groups is 1. The lowest BCUT2D eigenvalue weighted by Crippen LogP contribution is -1.94. The van der Waals surface area contributed by atoms with Crippen molar-refractivity contribution in [2.75, 3.05) is 0 Å². The van der Waals surface area contributed by atoms with Gasteiger partial charge in [-0.3, -0.25) is 0 Å². The highest BCUT2D eigenvalue weighted by Gasteiger charge is 2.16. The van der Waals surface area contributed by atoms with Crippen LogP contribution in [0.5, 0.6) is 0 Å². The zero-order chi connectivity index (χ0) is 14.2. The molecule has 0 spiro atoms. The monoisotopic (exact) mass is 275 g/mol. The van der Waals surface area contributed by atoms with E-state index in [1.807, 2.05) is 6.92 Å². The molecule has 2 rings (SSSR count). The van der Waals surface area contributed by atoms with E-state index in [-0.39, 0.29) is 0 Å². The van der Waals surface area contributed by atoms with Gasteiger partial charge in [-0.05, 0) is 37.0 Å². The van der Waals surface area contributed by atoms with Crippen molar-refractivity contribution in [1.82, 2.24) is 4.98 Å². The number of thiazole rings is 1. The summed E-state index contributed by atoms with van der Waals surface area (Å²) in [4.78, 5) is 15.8. The summed E-state index contributed by atoms with van der Waals surface area (Å²) < 4.78 is 0. The maximum Gasteiger partial charge on any atom is 0.347 e. The molecule has 0 aliphatic rings. The van der Waals surface area contributed by atoms with Gasteiger partial charge in [-0.1, -0.05) is 26.0 Å². The molecule has 1 aromatic heterocycles. The van der Waals surface area contributed by atoms with Gasteiger partial charge in [0.25, 0.3) is 0 Å². The van der Waals surface area contributed by atoms with Crippen LogP contribution in [-0.2, 0) is 0 Å². The van der Waals surface area contributed by atoms with Gasteiger partial charge in [-0.25, -0.2) is 9.78 Å². The van der Waals surface area contributed by atoms with Crippen molar-refractivity contribution in [3.05, 3.63) is 39.9 Å². The lowest BCUT2D eigenvalue weighted by molar-refractivity contribution is 0.0701. The Bertz CT molecular complexity index is 629. The Morgan fingerprint density at radius 2 is 2.00 bits per heavy atom. The van der Waals surface area contributed by atoms with Crippen LogP contribution in [0.4, 0.5) is 0 Å². The minimum atomic E-state index is -0.904. The van der Waals surface area contributed by atoms with E-state index in [2.05, 4.69) is 37.0 Å². The molecule has 0 unspecified atom stereocenters. The van der Waals surface area contributed by atoms with Crippen LogP contribution in [0.3, 0.4) is 0 Å². The molecule has 0 aliphatic carbocycles. The van der Waals surface area contributed by atoms with Gasteiger partial charge in [-0.2, -0.15) is 0 Å². The molecule has 1 aromatic carbocycles. The Kier molecular flexibility index (Phi) is 3.71. The fourth-order valence-corrected chi connectivity index (χ4v) is 2.93. The Hall–Kier alpha value is -1.68. The fraction of sp³-hybridized carbons (Fsp3) is 0.333. The maximum atomic E-state index is 11.1. The molecular weight excluding hydrogens is 258 g/mol. The molecule has 0 fully saturated rings. The lowest BCUT2D eigenvalue weighted by atomic mass is 9.98. The minimum absolute atomic E-state index is 0.323. The summed E-state index contributed by atoms with van der Waals surface area (Å²) in [6.07, 6.45) is 0. The van der Waals surface area contributed by atoms with Crippen LogP contribution in [0.15, 0.2) is 18.2 Å². The molecule has 4 heteroatoms. The number of aromatic nitrogens is 1. The maximum absolute atomic E-state index is 11.1. The van der Waals surface area contributed by atoms with Crippen LogP contribution in [0.2, 0.25) is 0 Å². The molecule has 0 aliphatic heterocycles. The average Bonchev–Trinajstić information content (AvgIpc) is 2.71. The highest BCUT2D eigenvalue weighted by Crippen LogP contribution is 2.32. The van der Waals surface area contributed by atoms with E-state index in [1.165, 1.54) is 16.9 Å². The summed E-state index contributed by atoms with van der Waals surface area (Å²) >= 11 is 1.24. The van der Waals surface area contributed by atoms with Crippen molar-refractivity contribution in [3.8, 4) is 10.6 Å². The molecule has 3 nitrogen and oxygen atoms in total. The van der Waals surface area contributed by atoms with E-state index < -0.39 is 5.97 Å². The molecule has 2 aromatic rings. The first-order chi connectivity index (χ1) is 8.90. The predicted molar refractivity (Wildman–Crippen MR) is 78.1 cm³/mol. The number of aryl methyl sites for hydroxylation is 2. The Morgan fingerprint density at radius 3 is 2.53 bits per heavy atom. The second-order valence-electron chi connectivity index (χ2n) is 4.97. The quantitative estimate of drug-likeness (QED) is 0.911. The third-order valence-corrected chi connectivity index (χ3v) is 4.33. The van der Waals surface area contributed by atoms with Crippen LogP contribution in [0.1, 0.15) is 46.3 Å². The Morgan fingerprint density at radius 1 is 1.32 bits per heavy atom. The molecular formula is C15H17NO2S. The van der Waals surface area contributed by atoms with Crippen LogP contribution in [0.25, 0.3) is 10.6 Å². The van der Waals surface area contributed by atoms with Crippen molar-refractivity contribution in [2.24, 2.45) is 0 Å². The molecule has 1 heterocycles. The van der Waals surface area contributed by atoms with Gasteiger partial charge in [0.1, 0.15) is 9.88 Å². The summed E-state index contributed by atoms with van der Waals surface area (Å²) in [5.41, 5.74) is 3.98. The van der Waals surface area contributed by atoms with Crippen molar-refractivity contribution < 1.29 is 9.90 Å². The zero-order valence-corrected chi connectivity index (χ0v) is 12.3. The predicted octanol–water partition coefficient (Wildman–Crippen LogP) is 4.25. The third kappa shape index (κ3) is 2.68. The second-order valence-corrected chi connectivity index (χ2v) is 5.97. The Balaban J connectivity index is 2.55.